The summed E-state index contributed by atoms with van der Waals surface area (Å²) < 4.78 is 11.1. The quantitative estimate of drug-likeness (QED) is 0.640. The topological polar surface area (TPSA) is 81.8 Å². The fraction of sp³-hybridized carbons (Fsp3) is 0.941. The van der Waals surface area contributed by atoms with Crippen molar-refractivity contribution in [2.45, 2.75) is 77.4 Å². The van der Waals surface area contributed by atoms with E-state index in [-0.39, 0.29) is 12.5 Å². The van der Waals surface area contributed by atoms with Crippen LogP contribution >= 0.6 is 0 Å². The van der Waals surface area contributed by atoms with Crippen LogP contribution in [0.3, 0.4) is 0 Å². The van der Waals surface area contributed by atoms with Crippen LogP contribution in [0.5, 0.6) is 0 Å². The summed E-state index contributed by atoms with van der Waals surface area (Å²) in [5.41, 5.74) is 4.63. The Morgan fingerprint density at radius 3 is 2.45 bits per heavy atom. The minimum atomic E-state index is -0.697. The lowest BCUT2D eigenvalue weighted by molar-refractivity contribution is -0.0154. The number of nitrogens with two attached hydrogens (primary N) is 1. The molecule has 1 aliphatic carbocycles. The van der Waals surface area contributed by atoms with E-state index in [9.17, 15) is 4.79 Å². The minimum Gasteiger partial charge on any atom is -0.443 e. The highest BCUT2D eigenvalue weighted by Gasteiger charge is 2.32. The SMILES string of the molecule is CC(CC1CCC(OCCCCO)CC1)C(C)(C)OC(N)=O. The normalized spacial score (nSPS) is 24.0. The van der Waals surface area contributed by atoms with E-state index in [4.69, 9.17) is 20.3 Å². The van der Waals surface area contributed by atoms with Crippen molar-refractivity contribution in [1.29, 1.82) is 0 Å². The molecule has 1 unspecified atom stereocenters. The van der Waals surface area contributed by atoms with E-state index in [1.807, 2.05) is 13.8 Å². The van der Waals surface area contributed by atoms with Crippen molar-refractivity contribution >= 4 is 6.09 Å². The highest BCUT2D eigenvalue weighted by atomic mass is 16.6. The summed E-state index contributed by atoms with van der Waals surface area (Å²) in [7, 11) is 0. The molecule has 0 bridgehead atoms. The van der Waals surface area contributed by atoms with Gasteiger partial charge in [-0.25, -0.2) is 4.79 Å². The van der Waals surface area contributed by atoms with Gasteiger partial charge in [-0.15, -0.1) is 0 Å². The largest absolute Gasteiger partial charge is 0.443 e. The first kappa shape index (κ1) is 19.2. The average Bonchev–Trinajstić information content (AvgIpc) is 2.44. The van der Waals surface area contributed by atoms with Gasteiger partial charge in [-0.3, -0.25) is 0 Å². The van der Waals surface area contributed by atoms with Crippen molar-refractivity contribution in [1.82, 2.24) is 0 Å². The Bertz CT molecular complexity index is 325. The molecule has 0 radical (unpaired) electrons. The molecule has 22 heavy (non-hydrogen) atoms. The molecule has 1 fully saturated rings. The lowest BCUT2D eigenvalue weighted by atomic mass is 9.77. The van der Waals surface area contributed by atoms with Gasteiger partial charge in [0.15, 0.2) is 0 Å². The molecular weight excluding hydrogens is 282 g/mol. The third-order valence-electron chi connectivity index (χ3n) is 4.94. The molecule has 0 aromatic carbocycles. The van der Waals surface area contributed by atoms with Gasteiger partial charge in [-0.1, -0.05) is 6.92 Å². The van der Waals surface area contributed by atoms with Crippen molar-refractivity contribution in [2.75, 3.05) is 13.2 Å². The van der Waals surface area contributed by atoms with Gasteiger partial charge in [0.2, 0.25) is 0 Å². The van der Waals surface area contributed by atoms with E-state index in [1.165, 1.54) is 12.8 Å². The fourth-order valence-corrected chi connectivity index (χ4v) is 3.14. The standard InChI is InChI=1S/C17H33NO4/c1-13(17(2,3)22-16(18)20)12-14-6-8-15(9-7-14)21-11-5-4-10-19/h13-15,19H,4-12H2,1-3H3,(H2,18,20). The molecular formula is C17H33NO4. The van der Waals surface area contributed by atoms with E-state index in [0.717, 1.165) is 38.7 Å². The van der Waals surface area contributed by atoms with Gasteiger partial charge in [0.05, 0.1) is 6.10 Å². The number of rotatable bonds is 9. The second-order valence-corrected chi connectivity index (χ2v) is 7.11. The van der Waals surface area contributed by atoms with E-state index < -0.39 is 11.7 Å². The zero-order valence-electron chi connectivity index (χ0n) is 14.3. The highest BCUT2D eigenvalue weighted by molar-refractivity contribution is 5.65. The van der Waals surface area contributed by atoms with Crippen LogP contribution in [0.1, 0.15) is 65.7 Å². The third kappa shape index (κ3) is 6.97. The lowest BCUT2D eigenvalue weighted by Crippen LogP contribution is -2.38. The molecule has 0 aliphatic heterocycles. The van der Waals surface area contributed by atoms with Gasteiger partial charge in [0, 0.05) is 13.2 Å². The summed E-state index contributed by atoms with van der Waals surface area (Å²) in [6.45, 7) is 6.99. The Morgan fingerprint density at radius 2 is 1.91 bits per heavy atom. The fourth-order valence-electron chi connectivity index (χ4n) is 3.14. The van der Waals surface area contributed by atoms with Crippen molar-refractivity contribution in [3.05, 3.63) is 0 Å². The van der Waals surface area contributed by atoms with Crippen LogP contribution in [-0.4, -0.2) is 36.1 Å². The third-order valence-corrected chi connectivity index (χ3v) is 4.94. The Morgan fingerprint density at radius 1 is 1.27 bits per heavy atom. The van der Waals surface area contributed by atoms with Crippen molar-refractivity contribution in [2.24, 2.45) is 17.6 Å². The number of aliphatic hydroxyl groups excluding tert-OH is 1. The van der Waals surface area contributed by atoms with Crippen molar-refractivity contribution in [3.8, 4) is 0 Å². The summed E-state index contributed by atoms with van der Waals surface area (Å²) in [4.78, 5) is 11.0. The van der Waals surface area contributed by atoms with Gasteiger partial charge in [-0.2, -0.15) is 0 Å². The smallest absolute Gasteiger partial charge is 0.405 e. The van der Waals surface area contributed by atoms with Crippen LogP contribution < -0.4 is 5.73 Å². The number of hydrogen-bond donors (Lipinski definition) is 2. The summed E-state index contributed by atoms with van der Waals surface area (Å²) in [5, 5.41) is 8.75. The Kier molecular flexibility index (Phi) is 8.18. The maximum absolute atomic E-state index is 11.0. The average molecular weight is 315 g/mol. The summed E-state index contributed by atoms with van der Waals surface area (Å²) in [6.07, 6.45) is 7.03. The number of ether oxygens (including phenoxy) is 2. The van der Waals surface area contributed by atoms with Gasteiger partial charge >= 0.3 is 6.09 Å². The molecule has 1 rings (SSSR count). The molecule has 1 amide bonds. The molecule has 0 aromatic rings. The predicted octanol–water partition coefficient (Wildman–Crippen LogP) is 3.23. The number of carbonyl (C=O) groups excluding carboxylic acids is 1. The van der Waals surface area contributed by atoms with Gasteiger partial charge < -0.3 is 20.3 Å². The molecule has 0 spiro atoms. The van der Waals surface area contributed by atoms with Crippen LogP contribution in [0.2, 0.25) is 0 Å². The second kappa shape index (κ2) is 9.36. The van der Waals surface area contributed by atoms with E-state index in [1.54, 1.807) is 0 Å². The molecule has 5 nitrogen and oxygen atoms in total. The number of primary amides is 1. The Labute approximate surface area is 134 Å². The monoisotopic (exact) mass is 315 g/mol. The van der Waals surface area contributed by atoms with Crippen LogP contribution in [-0.2, 0) is 9.47 Å². The van der Waals surface area contributed by atoms with E-state index in [2.05, 4.69) is 6.92 Å². The maximum atomic E-state index is 11.0. The zero-order chi connectivity index (χ0) is 16.6. The molecule has 1 aliphatic rings. The molecule has 0 aromatic heterocycles. The van der Waals surface area contributed by atoms with Crippen molar-refractivity contribution in [3.63, 3.8) is 0 Å². The molecule has 1 atom stereocenters. The van der Waals surface area contributed by atoms with Crippen LogP contribution in [0.25, 0.3) is 0 Å². The van der Waals surface area contributed by atoms with Gasteiger partial charge in [0.1, 0.15) is 5.60 Å². The first-order valence-corrected chi connectivity index (χ1v) is 8.56. The van der Waals surface area contributed by atoms with Crippen LogP contribution in [0, 0.1) is 11.8 Å². The van der Waals surface area contributed by atoms with E-state index in [0.29, 0.717) is 12.0 Å². The minimum absolute atomic E-state index is 0.247. The van der Waals surface area contributed by atoms with Gasteiger partial charge in [-0.05, 0) is 70.6 Å². The first-order chi connectivity index (χ1) is 10.3. The number of carbonyl (C=O) groups is 1. The van der Waals surface area contributed by atoms with Crippen LogP contribution in [0.4, 0.5) is 4.79 Å². The lowest BCUT2D eigenvalue weighted by Gasteiger charge is -2.35. The first-order valence-electron chi connectivity index (χ1n) is 8.56. The number of hydrogen-bond acceptors (Lipinski definition) is 4. The summed E-state index contributed by atoms with van der Waals surface area (Å²) in [6, 6.07) is 0. The highest BCUT2D eigenvalue weighted by Crippen LogP contribution is 2.35. The number of aliphatic hydroxyl groups is 1. The Hall–Kier alpha value is -0.810. The molecule has 1 saturated carbocycles. The van der Waals surface area contributed by atoms with E-state index >= 15 is 0 Å². The molecule has 0 heterocycles. The maximum Gasteiger partial charge on any atom is 0.405 e. The molecule has 5 heteroatoms. The second-order valence-electron chi connectivity index (χ2n) is 7.11. The number of amides is 1. The van der Waals surface area contributed by atoms with Crippen LogP contribution in [0.15, 0.2) is 0 Å². The van der Waals surface area contributed by atoms with Crippen molar-refractivity contribution < 1.29 is 19.4 Å². The summed E-state index contributed by atoms with van der Waals surface area (Å²) >= 11 is 0. The zero-order valence-corrected chi connectivity index (χ0v) is 14.3. The molecule has 3 N–H and O–H groups in total. The number of unbranched alkanes of at least 4 members (excludes halogenated alkanes) is 1. The van der Waals surface area contributed by atoms with Gasteiger partial charge in [0.25, 0.3) is 0 Å². The predicted molar refractivity (Wildman–Crippen MR) is 86.5 cm³/mol. The summed E-state index contributed by atoms with van der Waals surface area (Å²) in [5.74, 6) is 0.954. The molecule has 130 valence electrons. The molecule has 0 saturated heterocycles. The Balaban J connectivity index is 2.25.